The van der Waals surface area contributed by atoms with Gasteiger partial charge in [0.05, 0.1) is 6.61 Å². The molecule has 0 aliphatic carbocycles. The smallest absolute Gasteiger partial charge is 0.422 e. The Morgan fingerprint density at radius 1 is 1.23 bits per heavy atom. The lowest BCUT2D eigenvalue weighted by Crippen LogP contribution is -2.38. The average molecular weight is 375 g/mol. The van der Waals surface area contributed by atoms with Crippen LogP contribution in [0, 0.1) is 12.8 Å². The highest BCUT2D eigenvalue weighted by Crippen LogP contribution is 2.23. The maximum absolute atomic E-state index is 12.4. The normalized spacial score (nSPS) is 12.4. The Morgan fingerprint density at radius 3 is 2.58 bits per heavy atom. The average Bonchev–Trinajstić information content (AvgIpc) is 2.55. The van der Waals surface area contributed by atoms with Crippen molar-refractivity contribution in [2.24, 2.45) is 10.9 Å². The van der Waals surface area contributed by atoms with Gasteiger partial charge < -0.3 is 20.1 Å². The molecule has 2 N–H and O–H groups in total. The van der Waals surface area contributed by atoms with Crippen molar-refractivity contribution in [3.05, 3.63) is 29.3 Å². The number of halogens is 3. The van der Waals surface area contributed by atoms with E-state index in [1.807, 2.05) is 6.07 Å². The van der Waals surface area contributed by atoms with E-state index in [-0.39, 0.29) is 5.75 Å². The van der Waals surface area contributed by atoms with Crippen molar-refractivity contribution in [2.45, 2.75) is 33.5 Å². The van der Waals surface area contributed by atoms with Crippen molar-refractivity contribution in [1.82, 2.24) is 10.6 Å². The first-order valence-electron chi connectivity index (χ1n) is 8.52. The summed E-state index contributed by atoms with van der Waals surface area (Å²) in [6.45, 7) is 6.75. The molecule has 0 radical (unpaired) electrons. The molecule has 148 valence electrons. The van der Waals surface area contributed by atoms with Crippen molar-refractivity contribution in [2.75, 3.05) is 33.4 Å². The second-order valence-electron chi connectivity index (χ2n) is 6.34. The van der Waals surface area contributed by atoms with E-state index in [0.29, 0.717) is 43.7 Å². The lowest BCUT2D eigenvalue weighted by atomic mass is 10.1. The third-order valence-electron chi connectivity index (χ3n) is 3.27. The number of benzene rings is 1. The quantitative estimate of drug-likeness (QED) is 0.395. The Balaban J connectivity index is 2.53. The van der Waals surface area contributed by atoms with Crippen molar-refractivity contribution < 1.29 is 22.6 Å². The zero-order valence-electron chi connectivity index (χ0n) is 15.7. The number of alkyl halides is 3. The van der Waals surface area contributed by atoms with Gasteiger partial charge in [-0.05, 0) is 24.5 Å². The monoisotopic (exact) mass is 375 g/mol. The highest BCUT2D eigenvalue weighted by molar-refractivity contribution is 5.79. The van der Waals surface area contributed by atoms with Gasteiger partial charge in [-0.2, -0.15) is 13.2 Å². The zero-order chi connectivity index (χ0) is 19.6. The maximum Gasteiger partial charge on any atom is 0.422 e. The maximum atomic E-state index is 12.4. The van der Waals surface area contributed by atoms with Crippen LogP contribution < -0.4 is 15.4 Å². The van der Waals surface area contributed by atoms with E-state index in [2.05, 4.69) is 29.5 Å². The minimum Gasteiger partial charge on any atom is -0.484 e. The predicted molar refractivity (Wildman–Crippen MR) is 96.6 cm³/mol. The van der Waals surface area contributed by atoms with E-state index in [1.54, 1.807) is 26.1 Å². The summed E-state index contributed by atoms with van der Waals surface area (Å²) < 4.78 is 47.7. The highest BCUT2D eigenvalue weighted by Gasteiger charge is 2.28. The van der Waals surface area contributed by atoms with Crippen LogP contribution in [0.2, 0.25) is 0 Å². The van der Waals surface area contributed by atoms with E-state index in [4.69, 9.17) is 9.47 Å². The first-order valence-corrected chi connectivity index (χ1v) is 8.52. The molecule has 1 aromatic rings. The summed E-state index contributed by atoms with van der Waals surface area (Å²) in [6.07, 6.45) is -4.37. The fourth-order valence-corrected chi connectivity index (χ4v) is 2.06. The predicted octanol–water partition coefficient (Wildman–Crippen LogP) is 3.27. The number of guanidine groups is 1. The van der Waals surface area contributed by atoms with Crippen LogP contribution in [0.15, 0.2) is 23.2 Å². The number of nitrogens with one attached hydrogen (secondary N) is 2. The van der Waals surface area contributed by atoms with E-state index >= 15 is 0 Å². The largest absolute Gasteiger partial charge is 0.484 e. The van der Waals surface area contributed by atoms with E-state index in [1.165, 1.54) is 0 Å². The van der Waals surface area contributed by atoms with Gasteiger partial charge in [0, 0.05) is 32.3 Å². The summed E-state index contributed by atoms with van der Waals surface area (Å²) in [4.78, 5) is 4.09. The third-order valence-corrected chi connectivity index (χ3v) is 3.27. The van der Waals surface area contributed by atoms with Gasteiger partial charge >= 0.3 is 6.18 Å². The molecule has 0 amide bonds. The molecule has 0 bridgehead atoms. The topological polar surface area (TPSA) is 54.9 Å². The molecule has 0 aliphatic rings. The fraction of sp³-hybridized carbons (Fsp3) is 0.611. The SMILES string of the molecule is CN=C(NCCOCC(C)C)NCc1ccc(C)cc1OCC(F)(F)F. The van der Waals surface area contributed by atoms with Gasteiger partial charge in [-0.25, -0.2) is 0 Å². The third kappa shape index (κ3) is 9.50. The lowest BCUT2D eigenvalue weighted by molar-refractivity contribution is -0.153. The van der Waals surface area contributed by atoms with Crippen molar-refractivity contribution in [3.63, 3.8) is 0 Å². The fourth-order valence-electron chi connectivity index (χ4n) is 2.06. The molecule has 0 atom stereocenters. The van der Waals surface area contributed by atoms with Crippen LogP contribution in [0.4, 0.5) is 13.2 Å². The highest BCUT2D eigenvalue weighted by atomic mass is 19.4. The molecule has 0 aromatic heterocycles. The number of ether oxygens (including phenoxy) is 2. The zero-order valence-corrected chi connectivity index (χ0v) is 15.7. The van der Waals surface area contributed by atoms with Crippen LogP contribution in [-0.2, 0) is 11.3 Å². The molecule has 0 heterocycles. The number of nitrogens with zero attached hydrogens (tertiary/aromatic N) is 1. The molecule has 1 rings (SSSR count). The summed E-state index contributed by atoms with van der Waals surface area (Å²) in [5.74, 6) is 1.23. The molecule has 0 unspecified atom stereocenters. The van der Waals surface area contributed by atoms with Gasteiger partial charge in [0.15, 0.2) is 12.6 Å². The Bertz CT molecular complexity index is 575. The molecule has 0 spiro atoms. The molecule has 8 heteroatoms. The summed E-state index contributed by atoms with van der Waals surface area (Å²) in [7, 11) is 1.63. The molecule has 1 aromatic carbocycles. The van der Waals surface area contributed by atoms with Crippen LogP contribution in [-0.4, -0.2) is 45.5 Å². The van der Waals surface area contributed by atoms with Crippen molar-refractivity contribution >= 4 is 5.96 Å². The Hall–Kier alpha value is -1.96. The van der Waals surface area contributed by atoms with Gasteiger partial charge in [0.2, 0.25) is 0 Å². The number of rotatable bonds is 9. The minimum absolute atomic E-state index is 0.213. The second-order valence-corrected chi connectivity index (χ2v) is 6.34. The van der Waals surface area contributed by atoms with Crippen molar-refractivity contribution in [3.8, 4) is 5.75 Å². The minimum atomic E-state index is -4.37. The molecular formula is C18H28F3N3O2. The summed E-state index contributed by atoms with van der Waals surface area (Å²) >= 11 is 0. The molecule has 26 heavy (non-hydrogen) atoms. The molecule has 0 saturated carbocycles. The van der Waals surface area contributed by atoms with Crippen LogP contribution >= 0.6 is 0 Å². The Kier molecular flexibility index (Phi) is 9.26. The molecule has 0 fully saturated rings. The van der Waals surface area contributed by atoms with Crippen LogP contribution in [0.25, 0.3) is 0 Å². The molecule has 5 nitrogen and oxygen atoms in total. The van der Waals surface area contributed by atoms with Crippen molar-refractivity contribution in [1.29, 1.82) is 0 Å². The number of hydrogen-bond acceptors (Lipinski definition) is 3. The number of aliphatic imine (C=N–C) groups is 1. The Labute approximate surface area is 153 Å². The van der Waals surface area contributed by atoms with Crippen LogP contribution in [0.5, 0.6) is 5.75 Å². The number of hydrogen-bond donors (Lipinski definition) is 2. The Morgan fingerprint density at radius 2 is 1.96 bits per heavy atom. The summed E-state index contributed by atoms with van der Waals surface area (Å²) in [6, 6.07) is 5.17. The number of aryl methyl sites for hydroxylation is 1. The van der Waals surface area contributed by atoms with Gasteiger partial charge in [-0.1, -0.05) is 26.0 Å². The van der Waals surface area contributed by atoms with Gasteiger partial charge in [0.25, 0.3) is 0 Å². The van der Waals surface area contributed by atoms with Gasteiger partial charge in [-0.15, -0.1) is 0 Å². The van der Waals surface area contributed by atoms with Crippen LogP contribution in [0.3, 0.4) is 0 Å². The molecule has 0 saturated heterocycles. The summed E-state index contributed by atoms with van der Waals surface area (Å²) in [5, 5.41) is 6.16. The van der Waals surface area contributed by atoms with E-state index < -0.39 is 12.8 Å². The van der Waals surface area contributed by atoms with Gasteiger partial charge in [-0.3, -0.25) is 4.99 Å². The second kappa shape index (κ2) is 10.9. The first kappa shape index (κ1) is 22.1. The lowest BCUT2D eigenvalue weighted by Gasteiger charge is -2.16. The molecule has 0 aliphatic heterocycles. The standard InChI is InChI=1S/C18H28F3N3O2/c1-13(2)11-25-8-7-23-17(22-4)24-10-15-6-5-14(3)9-16(15)26-12-18(19,20)21/h5-6,9,13H,7-8,10-12H2,1-4H3,(H2,22,23,24). The van der Waals surface area contributed by atoms with E-state index in [0.717, 1.165) is 5.56 Å². The van der Waals surface area contributed by atoms with Crippen LogP contribution in [0.1, 0.15) is 25.0 Å². The molecular weight excluding hydrogens is 347 g/mol. The van der Waals surface area contributed by atoms with Gasteiger partial charge in [0.1, 0.15) is 5.75 Å². The first-order chi connectivity index (χ1) is 12.2. The summed E-state index contributed by atoms with van der Waals surface area (Å²) in [5.41, 5.74) is 1.45. The van der Waals surface area contributed by atoms with E-state index in [9.17, 15) is 13.2 Å².